The second kappa shape index (κ2) is 7.03. The van der Waals surface area contributed by atoms with E-state index in [1.165, 1.54) is 12.1 Å². The lowest BCUT2D eigenvalue weighted by atomic mass is 10.1. The topological polar surface area (TPSA) is 36.3 Å². The van der Waals surface area contributed by atoms with E-state index in [1.54, 1.807) is 13.1 Å². The molecular weight excluding hydrogens is 338 g/mol. The SMILES string of the molecule is CC(Oc1ccc2c(cnn2C2CCCCO2)c1)c1cc(F)cc(F)c1. The van der Waals surface area contributed by atoms with Gasteiger partial charge in [-0.25, -0.2) is 13.5 Å². The maximum absolute atomic E-state index is 13.4. The maximum Gasteiger partial charge on any atom is 0.150 e. The number of aromatic nitrogens is 2. The van der Waals surface area contributed by atoms with Crippen LogP contribution < -0.4 is 4.74 Å². The molecule has 0 amide bonds. The fourth-order valence-electron chi connectivity index (χ4n) is 3.33. The molecule has 6 heteroatoms. The predicted octanol–water partition coefficient (Wildman–Crippen LogP) is 5.15. The van der Waals surface area contributed by atoms with E-state index in [-0.39, 0.29) is 6.23 Å². The van der Waals surface area contributed by atoms with E-state index in [2.05, 4.69) is 5.10 Å². The zero-order chi connectivity index (χ0) is 18.1. The van der Waals surface area contributed by atoms with Crippen LogP contribution in [-0.4, -0.2) is 16.4 Å². The molecule has 1 fully saturated rings. The summed E-state index contributed by atoms with van der Waals surface area (Å²) in [5, 5.41) is 5.40. The van der Waals surface area contributed by atoms with Crippen molar-refractivity contribution in [3.63, 3.8) is 0 Å². The van der Waals surface area contributed by atoms with Gasteiger partial charge < -0.3 is 9.47 Å². The molecule has 2 unspecified atom stereocenters. The van der Waals surface area contributed by atoms with Crippen LogP contribution in [0.1, 0.15) is 44.1 Å². The van der Waals surface area contributed by atoms with Crippen LogP contribution in [0, 0.1) is 11.6 Å². The van der Waals surface area contributed by atoms with Gasteiger partial charge in [-0.2, -0.15) is 5.10 Å². The minimum Gasteiger partial charge on any atom is -0.486 e. The molecule has 0 bridgehead atoms. The van der Waals surface area contributed by atoms with E-state index in [1.807, 2.05) is 22.9 Å². The second-order valence-electron chi connectivity index (χ2n) is 6.59. The molecule has 4 nitrogen and oxygen atoms in total. The average Bonchev–Trinajstić information content (AvgIpc) is 3.05. The number of nitrogens with zero attached hydrogens (tertiary/aromatic N) is 2. The number of fused-ring (bicyclic) bond motifs is 1. The lowest BCUT2D eigenvalue weighted by molar-refractivity contribution is -0.0366. The van der Waals surface area contributed by atoms with Crippen molar-refractivity contribution in [1.82, 2.24) is 9.78 Å². The zero-order valence-electron chi connectivity index (χ0n) is 14.5. The summed E-state index contributed by atoms with van der Waals surface area (Å²) < 4.78 is 40.4. The summed E-state index contributed by atoms with van der Waals surface area (Å²) >= 11 is 0. The molecular formula is C20H20F2N2O2. The van der Waals surface area contributed by atoms with Crippen molar-refractivity contribution in [3.05, 3.63) is 59.8 Å². The molecule has 2 atom stereocenters. The molecule has 1 aromatic heterocycles. The summed E-state index contributed by atoms with van der Waals surface area (Å²) in [4.78, 5) is 0. The van der Waals surface area contributed by atoms with Crippen molar-refractivity contribution in [3.8, 4) is 5.75 Å². The Kier molecular flexibility index (Phi) is 4.59. The van der Waals surface area contributed by atoms with Gasteiger partial charge in [-0.05, 0) is 62.1 Å². The van der Waals surface area contributed by atoms with Gasteiger partial charge in [-0.3, -0.25) is 0 Å². The first kappa shape index (κ1) is 17.0. The highest BCUT2D eigenvalue weighted by Crippen LogP contribution is 2.30. The van der Waals surface area contributed by atoms with Gasteiger partial charge >= 0.3 is 0 Å². The number of hydrogen-bond acceptors (Lipinski definition) is 3. The Labute approximate surface area is 150 Å². The van der Waals surface area contributed by atoms with Crippen LogP contribution in [0.5, 0.6) is 5.75 Å². The van der Waals surface area contributed by atoms with Gasteiger partial charge in [0.2, 0.25) is 0 Å². The molecule has 3 aromatic rings. The zero-order valence-corrected chi connectivity index (χ0v) is 14.5. The van der Waals surface area contributed by atoms with E-state index in [0.29, 0.717) is 11.3 Å². The molecule has 1 aliphatic heterocycles. The number of halogens is 2. The smallest absolute Gasteiger partial charge is 0.150 e. The van der Waals surface area contributed by atoms with E-state index in [0.717, 1.165) is 42.8 Å². The van der Waals surface area contributed by atoms with Crippen molar-refractivity contribution in [2.75, 3.05) is 6.61 Å². The fourth-order valence-corrected chi connectivity index (χ4v) is 3.33. The first-order valence-electron chi connectivity index (χ1n) is 8.82. The normalized spacial score (nSPS) is 18.8. The van der Waals surface area contributed by atoms with Gasteiger partial charge in [-0.15, -0.1) is 0 Å². The van der Waals surface area contributed by atoms with Gasteiger partial charge in [0.1, 0.15) is 23.5 Å². The average molecular weight is 358 g/mol. The Morgan fingerprint density at radius 2 is 1.96 bits per heavy atom. The van der Waals surface area contributed by atoms with E-state index in [9.17, 15) is 8.78 Å². The largest absolute Gasteiger partial charge is 0.486 e. The third-order valence-electron chi connectivity index (χ3n) is 4.66. The summed E-state index contributed by atoms with van der Waals surface area (Å²) in [6.07, 6.45) is 4.46. The summed E-state index contributed by atoms with van der Waals surface area (Å²) in [7, 11) is 0. The molecule has 136 valence electrons. The van der Waals surface area contributed by atoms with Crippen LogP contribution in [0.15, 0.2) is 42.6 Å². The third-order valence-corrected chi connectivity index (χ3v) is 4.66. The predicted molar refractivity (Wildman–Crippen MR) is 94.0 cm³/mol. The molecule has 2 aromatic carbocycles. The van der Waals surface area contributed by atoms with E-state index in [4.69, 9.17) is 9.47 Å². The Hall–Kier alpha value is -2.47. The highest BCUT2D eigenvalue weighted by molar-refractivity contribution is 5.80. The first-order chi connectivity index (χ1) is 12.6. The number of hydrogen-bond donors (Lipinski definition) is 0. The molecule has 0 N–H and O–H groups in total. The van der Waals surface area contributed by atoms with Gasteiger partial charge in [0.05, 0.1) is 11.7 Å². The molecule has 0 aliphatic carbocycles. The highest BCUT2D eigenvalue weighted by Gasteiger charge is 2.19. The maximum atomic E-state index is 13.4. The molecule has 0 spiro atoms. The summed E-state index contributed by atoms with van der Waals surface area (Å²) in [5.41, 5.74) is 1.43. The number of benzene rings is 2. The van der Waals surface area contributed by atoms with Gasteiger partial charge in [0.25, 0.3) is 0 Å². The van der Waals surface area contributed by atoms with Crippen LogP contribution in [0.4, 0.5) is 8.78 Å². The minimum absolute atomic E-state index is 0.0257. The Morgan fingerprint density at radius 3 is 2.69 bits per heavy atom. The van der Waals surface area contributed by atoms with Crippen molar-refractivity contribution in [2.24, 2.45) is 0 Å². The molecule has 0 radical (unpaired) electrons. The number of rotatable bonds is 4. The van der Waals surface area contributed by atoms with Crippen molar-refractivity contribution >= 4 is 10.9 Å². The van der Waals surface area contributed by atoms with Crippen LogP contribution in [-0.2, 0) is 4.74 Å². The highest BCUT2D eigenvalue weighted by atomic mass is 19.1. The second-order valence-corrected chi connectivity index (χ2v) is 6.59. The molecule has 1 aliphatic rings. The van der Waals surface area contributed by atoms with Crippen molar-refractivity contribution in [2.45, 2.75) is 38.5 Å². The third kappa shape index (κ3) is 3.42. The summed E-state index contributed by atoms with van der Waals surface area (Å²) in [6.45, 7) is 2.52. The van der Waals surface area contributed by atoms with Crippen LogP contribution in [0.25, 0.3) is 10.9 Å². The summed E-state index contributed by atoms with van der Waals surface area (Å²) in [5.74, 6) is -0.599. The first-order valence-corrected chi connectivity index (χ1v) is 8.82. The molecule has 1 saturated heterocycles. The van der Waals surface area contributed by atoms with E-state index >= 15 is 0 Å². The van der Waals surface area contributed by atoms with Crippen molar-refractivity contribution in [1.29, 1.82) is 0 Å². The quantitative estimate of drug-likeness (QED) is 0.647. The van der Waals surface area contributed by atoms with Crippen molar-refractivity contribution < 1.29 is 18.3 Å². The Balaban J connectivity index is 1.56. The fraction of sp³-hybridized carbons (Fsp3) is 0.350. The molecule has 0 saturated carbocycles. The monoisotopic (exact) mass is 358 g/mol. The van der Waals surface area contributed by atoms with Gasteiger partial charge in [-0.1, -0.05) is 0 Å². The van der Waals surface area contributed by atoms with Crippen LogP contribution >= 0.6 is 0 Å². The molecule has 2 heterocycles. The summed E-state index contributed by atoms with van der Waals surface area (Å²) in [6, 6.07) is 9.08. The van der Waals surface area contributed by atoms with Crippen LogP contribution in [0.3, 0.4) is 0 Å². The van der Waals surface area contributed by atoms with Crippen LogP contribution in [0.2, 0.25) is 0 Å². The standard InChI is InChI=1S/C20H20F2N2O2/c1-13(14-8-16(21)11-17(22)9-14)26-18-5-6-19-15(10-18)12-23-24(19)20-4-2-3-7-25-20/h5-6,8-13,20H,2-4,7H2,1H3. The molecule has 26 heavy (non-hydrogen) atoms. The molecule has 4 rings (SSSR count). The Bertz CT molecular complexity index is 899. The Morgan fingerprint density at radius 1 is 1.15 bits per heavy atom. The van der Waals surface area contributed by atoms with E-state index < -0.39 is 17.7 Å². The number of ether oxygens (including phenoxy) is 2. The lowest BCUT2D eigenvalue weighted by Crippen LogP contribution is -2.18. The minimum atomic E-state index is -0.611. The lowest BCUT2D eigenvalue weighted by Gasteiger charge is -2.23. The van der Waals surface area contributed by atoms with Gasteiger partial charge in [0.15, 0.2) is 6.23 Å². The van der Waals surface area contributed by atoms with Gasteiger partial charge in [0, 0.05) is 18.1 Å².